The van der Waals surface area contributed by atoms with Crippen molar-refractivity contribution in [2.24, 2.45) is 71.0 Å². The molecule has 0 saturated carbocycles. The topological polar surface area (TPSA) is 0 Å². The summed E-state index contributed by atoms with van der Waals surface area (Å²) in [4.78, 5) is 0. The van der Waals surface area contributed by atoms with E-state index in [1.807, 2.05) is 0 Å². The van der Waals surface area contributed by atoms with E-state index in [0.29, 0.717) is 0 Å². The van der Waals surface area contributed by atoms with Gasteiger partial charge in [0.05, 0.1) is 0 Å². The fraction of sp³-hybridized carbons (Fsp3) is 0.818. The first-order valence-electron chi connectivity index (χ1n) is 19.1. The highest BCUT2D eigenvalue weighted by Crippen LogP contribution is 2.36. The molecule has 0 N–H and O–H groups in total. The number of hydrogen-bond donors (Lipinski definition) is 0. The molecule has 0 bridgehead atoms. The Hall–Kier alpha value is -1.04. The van der Waals surface area contributed by atoms with Gasteiger partial charge in [-0.25, -0.2) is 0 Å². The minimum atomic E-state index is 0.856. The first-order chi connectivity index (χ1) is 20.4. The molecule has 44 heavy (non-hydrogen) atoms. The summed E-state index contributed by atoms with van der Waals surface area (Å²) in [6.07, 6.45) is 20.2. The quantitative estimate of drug-likeness (QED) is 0.278. The molecule has 0 heteroatoms. The van der Waals surface area contributed by atoms with E-state index < -0.39 is 0 Å². The van der Waals surface area contributed by atoms with Crippen molar-refractivity contribution < 1.29 is 0 Å². The monoisotopic (exact) mass is 609 g/mol. The van der Waals surface area contributed by atoms with E-state index in [2.05, 4.69) is 135 Å². The van der Waals surface area contributed by atoms with Crippen LogP contribution in [-0.4, -0.2) is 0 Å². The van der Waals surface area contributed by atoms with Crippen LogP contribution in [0.4, 0.5) is 0 Å². The molecule has 0 unspecified atom stereocenters. The molecule has 0 aromatic carbocycles. The number of allylic oxidation sites excluding steroid dienone is 8. The normalized spacial score (nSPS) is 32.3. The zero-order valence-corrected chi connectivity index (χ0v) is 32.9. The lowest BCUT2D eigenvalue weighted by Gasteiger charge is -2.30. The molecule has 0 spiro atoms. The molecular formula is C44H80. The fourth-order valence-electron chi connectivity index (χ4n) is 8.97. The van der Waals surface area contributed by atoms with Crippen molar-refractivity contribution in [2.75, 3.05) is 0 Å². The molecule has 0 aliphatic heterocycles. The first-order valence-corrected chi connectivity index (χ1v) is 19.1. The maximum absolute atomic E-state index is 2.42. The summed E-state index contributed by atoms with van der Waals surface area (Å²) in [5.41, 5.74) is 6.37. The Kier molecular flexibility index (Phi) is 18.9. The lowest BCUT2D eigenvalue weighted by atomic mass is 9.75. The minimum Gasteiger partial charge on any atom is -0.0853 e. The van der Waals surface area contributed by atoms with Crippen LogP contribution in [0, 0.1) is 71.0 Å². The van der Waals surface area contributed by atoms with Crippen LogP contribution in [0.2, 0.25) is 0 Å². The van der Waals surface area contributed by atoms with Gasteiger partial charge in [-0.05, 0) is 150 Å². The lowest BCUT2D eigenvalue weighted by Crippen LogP contribution is -2.20. The largest absolute Gasteiger partial charge is 0.0853 e. The molecule has 0 aromatic heterocycles. The summed E-state index contributed by atoms with van der Waals surface area (Å²) in [5.74, 6) is 10.8. The number of rotatable bonds is 4. The molecule has 0 nitrogen and oxygen atoms in total. The second-order valence-corrected chi connectivity index (χ2v) is 17.5. The van der Waals surface area contributed by atoms with E-state index in [0.717, 1.165) is 71.0 Å². The fourth-order valence-corrected chi connectivity index (χ4v) is 8.97. The molecule has 0 aromatic rings. The van der Waals surface area contributed by atoms with Crippen molar-refractivity contribution in [3.05, 3.63) is 46.6 Å². The lowest BCUT2D eigenvalue weighted by molar-refractivity contribution is 0.259. The highest BCUT2D eigenvalue weighted by atomic mass is 14.3. The molecule has 0 amide bonds. The van der Waals surface area contributed by atoms with E-state index in [-0.39, 0.29) is 0 Å². The highest BCUT2D eigenvalue weighted by Gasteiger charge is 2.25. The van der Waals surface area contributed by atoms with Crippen LogP contribution >= 0.6 is 0 Å². The van der Waals surface area contributed by atoms with Gasteiger partial charge in [-0.3, -0.25) is 0 Å². The molecule has 0 heterocycles. The van der Waals surface area contributed by atoms with Gasteiger partial charge in [0.2, 0.25) is 0 Å². The van der Waals surface area contributed by atoms with Crippen molar-refractivity contribution in [1.29, 1.82) is 0 Å². The molecule has 256 valence electrons. The predicted octanol–water partition coefficient (Wildman–Crippen LogP) is 14.5. The first kappa shape index (κ1) is 41.0. The maximum atomic E-state index is 2.42. The van der Waals surface area contributed by atoms with Crippen LogP contribution in [0.3, 0.4) is 0 Å². The molecule has 0 saturated heterocycles. The van der Waals surface area contributed by atoms with Crippen molar-refractivity contribution in [1.82, 2.24) is 0 Å². The third kappa shape index (κ3) is 14.6. The molecule has 8 atom stereocenters. The maximum Gasteiger partial charge on any atom is -0.0294 e. The summed E-state index contributed by atoms with van der Waals surface area (Å²) in [6.45, 7) is 37.3. The van der Waals surface area contributed by atoms with Crippen LogP contribution in [0.15, 0.2) is 46.6 Å². The summed E-state index contributed by atoms with van der Waals surface area (Å²) >= 11 is 0. The Labute approximate surface area is 279 Å². The summed E-state index contributed by atoms with van der Waals surface area (Å²) in [7, 11) is 0. The van der Waals surface area contributed by atoms with Gasteiger partial charge in [0.25, 0.3) is 0 Å². The predicted molar refractivity (Wildman–Crippen MR) is 202 cm³/mol. The van der Waals surface area contributed by atoms with E-state index in [1.54, 1.807) is 22.3 Å². The third-order valence-electron chi connectivity index (χ3n) is 11.9. The Balaban J connectivity index is 0.000000293. The second-order valence-electron chi connectivity index (χ2n) is 17.5. The number of hydrogen-bond acceptors (Lipinski definition) is 0. The van der Waals surface area contributed by atoms with Crippen LogP contribution in [0.1, 0.15) is 162 Å². The second kappa shape index (κ2) is 20.3. The van der Waals surface area contributed by atoms with E-state index in [4.69, 9.17) is 0 Å². The Bertz CT molecular complexity index is 766. The van der Waals surface area contributed by atoms with Crippen molar-refractivity contribution in [3.63, 3.8) is 0 Å². The van der Waals surface area contributed by atoms with Crippen LogP contribution < -0.4 is 0 Å². The van der Waals surface area contributed by atoms with Crippen LogP contribution in [-0.2, 0) is 0 Å². The van der Waals surface area contributed by atoms with Gasteiger partial charge < -0.3 is 0 Å². The van der Waals surface area contributed by atoms with Gasteiger partial charge in [0.1, 0.15) is 0 Å². The average molecular weight is 609 g/mol. The standard InChI is InChI=1S/4C11H20/c4*1-8(2)11-6-5-9(3)7-10(11)4/h4*5,8,10-11H,6-7H2,1-4H3/t2*10-,11+;2*10-,11-/m1010/s1. The van der Waals surface area contributed by atoms with Crippen LogP contribution in [0.5, 0.6) is 0 Å². The van der Waals surface area contributed by atoms with Crippen molar-refractivity contribution in [3.8, 4) is 0 Å². The van der Waals surface area contributed by atoms with Crippen molar-refractivity contribution in [2.45, 2.75) is 162 Å². The van der Waals surface area contributed by atoms with E-state index in [1.165, 1.54) is 51.4 Å². The SMILES string of the molecule is CC1=CC[C@@H](C(C)C)[C@@H](C)C1.CC1=CC[C@@H](C(C)C)[C@H](C)C1.CC1=CC[C@H](C(C)C)[C@@H](C)C1.CC1=CC[C@H](C(C)C)[C@H](C)C1. The van der Waals surface area contributed by atoms with Crippen molar-refractivity contribution >= 4 is 0 Å². The smallest absolute Gasteiger partial charge is 0.0294 e. The summed E-state index contributed by atoms with van der Waals surface area (Å²) in [5, 5.41) is 0. The zero-order valence-electron chi connectivity index (χ0n) is 32.9. The molecule has 0 fully saturated rings. The average Bonchev–Trinajstić information content (AvgIpc) is 2.89. The Morgan fingerprint density at radius 1 is 0.364 bits per heavy atom. The van der Waals surface area contributed by atoms with E-state index >= 15 is 0 Å². The summed E-state index contributed by atoms with van der Waals surface area (Å²) in [6, 6.07) is 0. The van der Waals surface area contributed by atoms with Gasteiger partial charge in [0, 0.05) is 0 Å². The summed E-state index contributed by atoms with van der Waals surface area (Å²) < 4.78 is 0. The van der Waals surface area contributed by atoms with Gasteiger partial charge in [-0.2, -0.15) is 0 Å². The van der Waals surface area contributed by atoms with Gasteiger partial charge in [-0.1, -0.05) is 130 Å². The molecular weight excluding hydrogens is 528 g/mol. The molecule has 4 rings (SSSR count). The molecule has 4 aliphatic rings. The minimum absolute atomic E-state index is 0.856. The van der Waals surface area contributed by atoms with Crippen LogP contribution in [0.25, 0.3) is 0 Å². The van der Waals surface area contributed by atoms with Gasteiger partial charge in [-0.15, -0.1) is 0 Å². The third-order valence-corrected chi connectivity index (χ3v) is 11.9. The molecule has 0 radical (unpaired) electrons. The molecule has 4 aliphatic carbocycles. The highest BCUT2D eigenvalue weighted by molar-refractivity contribution is 5.07. The Morgan fingerprint density at radius 2 is 0.523 bits per heavy atom. The van der Waals surface area contributed by atoms with Gasteiger partial charge >= 0.3 is 0 Å². The Morgan fingerprint density at radius 3 is 0.636 bits per heavy atom. The zero-order chi connectivity index (χ0) is 33.7. The van der Waals surface area contributed by atoms with E-state index in [9.17, 15) is 0 Å². The van der Waals surface area contributed by atoms with Gasteiger partial charge in [0.15, 0.2) is 0 Å².